The van der Waals surface area contributed by atoms with Crippen LogP contribution >= 0.6 is 0 Å². The molecule has 0 unspecified atom stereocenters. The Balaban J connectivity index is 2.33. The highest BCUT2D eigenvalue weighted by atomic mass is 16.2. The van der Waals surface area contributed by atoms with Crippen molar-refractivity contribution in [1.29, 1.82) is 0 Å². The fraction of sp³-hybridized carbons (Fsp3) is 0.364. The molecular weight excluding hydrogens is 176 g/mol. The smallest absolute Gasteiger partial charge is 0.246 e. The van der Waals surface area contributed by atoms with Gasteiger partial charge >= 0.3 is 0 Å². The third-order valence-corrected chi connectivity index (χ3v) is 2.70. The van der Waals surface area contributed by atoms with Gasteiger partial charge < -0.3 is 10.2 Å². The van der Waals surface area contributed by atoms with E-state index in [9.17, 15) is 4.79 Å². The quantitative estimate of drug-likeness (QED) is 0.725. The molecule has 0 aliphatic carbocycles. The molecule has 1 fully saturated rings. The molecule has 0 aromatic heterocycles. The molecule has 1 N–H and O–H groups in total. The van der Waals surface area contributed by atoms with E-state index in [1.165, 1.54) is 0 Å². The number of benzene rings is 1. The van der Waals surface area contributed by atoms with E-state index in [4.69, 9.17) is 0 Å². The van der Waals surface area contributed by atoms with Crippen molar-refractivity contribution in [1.82, 2.24) is 5.32 Å². The Morgan fingerprint density at radius 1 is 1.29 bits per heavy atom. The summed E-state index contributed by atoms with van der Waals surface area (Å²) in [6.07, 6.45) is 0. The van der Waals surface area contributed by atoms with Gasteiger partial charge in [0, 0.05) is 5.69 Å². The third kappa shape index (κ3) is 1.25. The Morgan fingerprint density at radius 2 is 1.93 bits per heavy atom. The molecule has 0 atom stereocenters. The molecular formula is C11H14N2O. The normalized spacial score (nSPS) is 19.6. The van der Waals surface area contributed by atoms with Gasteiger partial charge in [-0.1, -0.05) is 18.2 Å². The van der Waals surface area contributed by atoms with Crippen LogP contribution in [0.15, 0.2) is 30.3 Å². The van der Waals surface area contributed by atoms with Gasteiger partial charge in [0.25, 0.3) is 0 Å². The lowest BCUT2D eigenvalue weighted by atomic mass is 10.0. The van der Waals surface area contributed by atoms with Gasteiger partial charge in [0.1, 0.15) is 5.54 Å². The van der Waals surface area contributed by atoms with E-state index in [2.05, 4.69) is 10.2 Å². The summed E-state index contributed by atoms with van der Waals surface area (Å²) in [6, 6.07) is 9.97. The number of nitrogens with one attached hydrogen (secondary N) is 1. The van der Waals surface area contributed by atoms with Crippen molar-refractivity contribution in [2.75, 3.05) is 11.6 Å². The van der Waals surface area contributed by atoms with Gasteiger partial charge in [-0.25, -0.2) is 0 Å². The van der Waals surface area contributed by atoms with E-state index in [1.807, 2.05) is 44.2 Å². The van der Waals surface area contributed by atoms with E-state index >= 15 is 0 Å². The van der Waals surface area contributed by atoms with Crippen LogP contribution in [0.2, 0.25) is 0 Å². The number of nitrogens with zero attached hydrogens (tertiary/aromatic N) is 1. The second-order valence-corrected chi connectivity index (χ2v) is 3.99. The monoisotopic (exact) mass is 190 g/mol. The predicted molar refractivity (Wildman–Crippen MR) is 56.0 cm³/mol. The molecule has 0 bridgehead atoms. The van der Waals surface area contributed by atoms with Crippen molar-refractivity contribution in [2.45, 2.75) is 19.4 Å². The third-order valence-electron chi connectivity index (χ3n) is 2.70. The highest BCUT2D eigenvalue weighted by molar-refractivity contribution is 5.92. The first-order valence-electron chi connectivity index (χ1n) is 4.73. The fourth-order valence-corrected chi connectivity index (χ4v) is 1.71. The minimum Gasteiger partial charge on any atom is -0.340 e. The summed E-state index contributed by atoms with van der Waals surface area (Å²) >= 11 is 0. The number of anilines is 1. The van der Waals surface area contributed by atoms with Gasteiger partial charge in [0.15, 0.2) is 0 Å². The lowest BCUT2D eigenvalue weighted by molar-refractivity contribution is -0.122. The second-order valence-electron chi connectivity index (χ2n) is 3.99. The summed E-state index contributed by atoms with van der Waals surface area (Å²) in [5, 5.41) is 2.85. The van der Waals surface area contributed by atoms with Gasteiger partial charge in [0.2, 0.25) is 5.91 Å². The standard InChI is InChI=1S/C11H14N2O/c1-11(2)10(14)12-8-13(11)9-6-4-3-5-7-9/h3-7H,8H2,1-2H3,(H,12,14). The van der Waals surface area contributed by atoms with Crippen LogP contribution in [-0.4, -0.2) is 18.1 Å². The molecule has 0 radical (unpaired) electrons. The number of carbonyl (C=O) groups excluding carboxylic acids is 1. The van der Waals surface area contributed by atoms with Crippen LogP contribution in [0.3, 0.4) is 0 Å². The minimum absolute atomic E-state index is 0.0846. The van der Waals surface area contributed by atoms with Gasteiger partial charge in [-0.2, -0.15) is 0 Å². The number of hydrogen-bond donors (Lipinski definition) is 1. The average Bonchev–Trinajstić information content (AvgIpc) is 2.44. The zero-order valence-corrected chi connectivity index (χ0v) is 8.45. The van der Waals surface area contributed by atoms with E-state index in [0.29, 0.717) is 6.67 Å². The Kier molecular flexibility index (Phi) is 1.95. The Hall–Kier alpha value is -1.51. The SMILES string of the molecule is CC1(C)C(=O)NCN1c1ccccc1. The molecule has 1 aliphatic rings. The van der Waals surface area contributed by atoms with Crippen molar-refractivity contribution < 1.29 is 4.79 Å². The number of carbonyl (C=O) groups is 1. The van der Waals surface area contributed by atoms with Gasteiger partial charge in [-0.15, -0.1) is 0 Å². The number of amides is 1. The summed E-state index contributed by atoms with van der Waals surface area (Å²) in [6.45, 7) is 4.46. The van der Waals surface area contributed by atoms with Gasteiger partial charge in [0.05, 0.1) is 6.67 Å². The first-order chi connectivity index (χ1) is 6.62. The molecule has 74 valence electrons. The molecule has 1 heterocycles. The van der Waals surface area contributed by atoms with E-state index < -0.39 is 5.54 Å². The minimum atomic E-state index is -0.443. The largest absolute Gasteiger partial charge is 0.340 e. The first-order valence-corrected chi connectivity index (χ1v) is 4.73. The topological polar surface area (TPSA) is 32.3 Å². The Bertz CT molecular complexity index is 346. The van der Waals surface area contributed by atoms with Crippen LogP contribution in [0, 0.1) is 0 Å². The van der Waals surface area contributed by atoms with Crippen LogP contribution in [0.5, 0.6) is 0 Å². The first kappa shape index (κ1) is 9.06. The molecule has 1 aliphatic heterocycles. The summed E-state index contributed by atoms with van der Waals surface area (Å²) in [7, 11) is 0. The Morgan fingerprint density at radius 3 is 2.43 bits per heavy atom. The lowest BCUT2D eigenvalue weighted by Crippen LogP contribution is -2.43. The molecule has 2 rings (SSSR count). The van der Waals surface area contributed by atoms with Crippen LogP contribution < -0.4 is 10.2 Å². The van der Waals surface area contributed by atoms with Crippen molar-refractivity contribution in [3.8, 4) is 0 Å². The Labute approximate surface area is 83.7 Å². The molecule has 0 saturated carbocycles. The van der Waals surface area contributed by atoms with Crippen LogP contribution in [-0.2, 0) is 4.79 Å². The zero-order chi connectivity index (χ0) is 10.2. The molecule has 1 aromatic rings. The molecule has 1 amide bonds. The molecule has 1 saturated heterocycles. The summed E-state index contributed by atoms with van der Waals surface area (Å²) in [5.74, 6) is 0.0846. The second kappa shape index (κ2) is 3.01. The van der Waals surface area contributed by atoms with E-state index in [0.717, 1.165) is 5.69 Å². The van der Waals surface area contributed by atoms with E-state index in [1.54, 1.807) is 0 Å². The van der Waals surface area contributed by atoms with Crippen molar-refractivity contribution in [2.24, 2.45) is 0 Å². The van der Waals surface area contributed by atoms with Gasteiger partial charge in [-0.3, -0.25) is 4.79 Å². The van der Waals surface area contributed by atoms with Crippen LogP contribution in [0.4, 0.5) is 5.69 Å². The van der Waals surface area contributed by atoms with Crippen LogP contribution in [0.1, 0.15) is 13.8 Å². The maximum Gasteiger partial charge on any atom is 0.246 e. The molecule has 0 spiro atoms. The van der Waals surface area contributed by atoms with Crippen molar-refractivity contribution in [3.63, 3.8) is 0 Å². The predicted octanol–water partition coefficient (Wildman–Crippen LogP) is 1.36. The summed E-state index contributed by atoms with van der Waals surface area (Å²) in [5.41, 5.74) is 0.636. The fourth-order valence-electron chi connectivity index (χ4n) is 1.71. The molecule has 1 aromatic carbocycles. The highest BCUT2D eigenvalue weighted by Gasteiger charge is 2.40. The zero-order valence-electron chi connectivity index (χ0n) is 8.45. The summed E-state index contributed by atoms with van der Waals surface area (Å²) < 4.78 is 0. The number of para-hydroxylation sites is 1. The molecule has 3 heteroatoms. The van der Waals surface area contributed by atoms with Crippen molar-refractivity contribution in [3.05, 3.63) is 30.3 Å². The highest BCUT2D eigenvalue weighted by Crippen LogP contribution is 2.26. The van der Waals surface area contributed by atoms with Gasteiger partial charge in [-0.05, 0) is 26.0 Å². The number of hydrogen-bond acceptors (Lipinski definition) is 2. The van der Waals surface area contributed by atoms with Crippen molar-refractivity contribution >= 4 is 11.6 Å². The van der Waals surface area contributed by atoms with Crippen LogP contribution in [0.25, 0.3) is 0 Å². The molecule has 3 nitrogen and oxygen atoms in total. The molecule has 14 heavy (non-hydrogen) atoms. The maximum atomic E-state index is 11.5. The summed E-state index contributed by atoms with van der Waals surface area (Å²) in [4.78, 5) is 13.6. The average molecular weight is 190 g/mol. The number of rotatable bonds is 1. The van der Waals surface area contributed by atoms with E-state index in [-0.39, 0.29) is 5.91 Å². The lowest BCUT2D eigenvalue weighted by Gasteiger charge is -2.29. The maximum absolute atomic E-state index is 11.5.